The molecule has 2 rings (SSSR count). The maximum Gasteiger partial charge on any atom is 0.310 e. The van der Waals surface area contributed by atoms with Crippen molar-refractivity contribution in [1.29, 1.82) is 0 Å². The smallest absolute Gasteiger partial charge is 0.310 e. The van der Waals surface area contributed by atoms with E-state index >= 15 is 0 Å². The van der Waals surface area contributed by atoms with Crippen molar-refractivity contribution in [2.45, 2.75) is 38.6 Å². The van der Waals surface area contributed by atoms with Crippen LogP contribution in [0.25, 0.3) is 0 Å². The zero-order valence-electron chi connectivity index (χ0n) is 11.9. The minimum Gasteiger partial charge on any atom is -0.455 e. The van der Waals surface area contributed by atoms with Crippen LogP contribution in [0.4, 0.5) is 0 Å². The first kappa shape index (κ1) is 14.6. The second-order valence-corrected chi connectivity index (χ2v) is 5.25. The minimum atomic E-state index is -0.353. The number of hydrogen-bond acceptors (Lipinski definition) is 3. The zero-order valence-corrected chi connectivity index (χ0v) is 11.9. The van der Waals surface area contributed by atoms with Gasteiger partial charge in [-0.1, -0.05) is 30.3 Å². The van der Waals surface area contributed by atoms with E-state index in [0.717, 1.165) is 24.9 Å². The highest BCUT2D eigenvalue weighted by Crippen LogP contribution is 2.16. The van der Waals surface area contributed by atoms with Crippen molar-refractivity contribution in [2.24, 2.45) is 0 Å². The van der Waals surface area contributed by atoms with Gasteiger partial charge in [0.1, 0.15) is 0 Å². The van der Waals surface area contributed by atoms with Gasteiger partial charge >= 0.3 is 5.97 Å². The summed E-state index contributed by atoms with van der Waals surface area (Å²) in [7, 11) is 0. The predicted molar refractivity (Wildman–Crippen MR) is 76.1 cm³/mol. The molecule has 0 saturated carbocycles. The highest BCUT2D eigenvalue weighted by atomic mass is 16.5. The number of esters is 1. The average molecular weight is 275 g/mol. The fourth-order valence-electron chi connectivity index (χ4n) is 2.51. The molecule has 0 aliphatic carbocycles. The molecule has 1 saturated heterocycles. The van der Waals surface area contributed by atoms with Crippen LogP contribution in [0.1, 0.15) is 31.7 Å². The lowest BCUT2D eigenvalue weighted by Crippen LogP contribution is -2.44. The van der Waals surface area contributed by atoms with Crippen LogP contribution in [0.15, 0.2) is 30.3 Å². The molecule has 1 heterocycles. The van der Waals surface area contributed by atoms with Gasteiger partial charge in [0.15, 0.2) is 6.61 Å². The molecular formula is C16H21NO3. The third-order valence-corrected chi connectivity index (χ3v) is 3.67. The van der Waals surface area contributed by atoms with Gasteiger partial charge in [-0.05, 0) is 31.7 Å². The van der Waals surface area contributed by atoms with Crippen LogP contribution in [0.3, 0.4) is 0 Å². The third kappa shape index (κ3) is 4.08. The summed E-state index contributed by atoms with van der Waals surface area (Å²) in [6.07, 6.45) is 3.44. The molecule has 20 heavy (non-hydrogen) atoms. The van der Waals surface area contributed by atoms with Gasteiger partial charge in [-0.2, -0.15) is 0 Å². The van der Waals surface area contributed by atoms with Crippen LogP contribution < -0.4 is 0 Å². The van der Waals surface area contributed by atoms with Crippen LogP contribution in [-0.4, -0.2) is 36.0 Å². The number of nitrogens with zero attached hydrogens (tertiary/aromatic N) is 1. The monoisotopic (exact) mass is 275 g/mol. The number of hydrogen-bond donors (Lipinski definition) is 0. The lowest BCUT2D eigenvalue weighted by Gasteiger charge is -2.33. The average Bonchev–Trinajstić information content (AvgIpc) is 2.46. The van der Waals surface area contributed by atoms with Gasteiger partial charge in [-0.3, -0.25) is 9.59 Å². The van der Waals surface area contributed by atoms with Gasteiger partial charge in [0, 0.05) is 12.6 Å². The molecule has 1 atom stereocenters. The molecule has 0 radical (unpaired) electrons. The third-order valence-electron chi connectivity index (χ3n) is 3.67. The molecule has 1 aliphatic heterocycles. The van der Waals surface area contributed by atoms with E-state index in [1.54, 1.807) is 0 Å². The Morgan fingerprint density at radius 2 is 2.00 bits per heavy atom. The lowest BCUT2D eigenvalue weighted by molar-refractivity contribution is -0.152. The first-order valence-electron chi connectivity index (χ1n) is 7.16. The largest absolute Gasteiger partial charge is 0.455 e. The molecule has 1 unspecified atom stereocenters. The van der Waals surface area contributed by atoms with Crippen molar-refractivity contribution in [3.05, 3.63) is 35.9 Å². The van der Waals surface area contributed by atoms with Gasteiger partial charge in [0.2, 0.25) is 0 Å². The summed E-state index contributed by atoms with van der Waals surface area (Å²) in [5.41, 5.74) is 0.899. The Morgan fingerprint density at radius 1 is 1.25 bits per heavy atom. The summed E-state index contributed by atoms with van der Waals surface area (Å²) >= 11 is 0. The van der Waals surface area contributed by atoms with E-state index in [1.165, 1.54) is 6.42 Å². The fourth-order valence-corrected chi connectivity index (χ4v) is 2.51. The SMILES string of the molecule is CC1CCCCN1C(=O)COC(=O)Cc1ccccc1. The number of carbonyl (C=O) groups excluding carboxylic acids is 2. The fraction of sp³-hybridized carbons (Fsp3) is 0.500. The molecular weight excluding hydrogens is 254 g/mol. The van der Waals surface area contributed by atoms with Crippen molar-refractivity contribution in [2.75, 3.05) is 13.2 Å². The molecule has 4 nitrogen and oxygen atoms in total. The molecule has 0 spiro atoms. The van der Waals surface area contributed by atoms with Crippen molar-refractivity contribution in [1.82, 2.24) is 4.90 Å². The van der Waals surface area contributed by atoms with Crippen molar-refractivity contribution in [3.63, 3.8) is 0 Å². The Bertz CT molecular complexity index is 458. The second kappa shape index (κ2) is 7.08. The van der Waals surface area contributed by atoms with E-state index in [9.17, 15) is 9.59 Å². The summed E-state index contributed by atoms with van der Waals surface area (Å²) in [6.45, 7) is 2.68. The van der Waals surface area contributed by atoms with E-state index in [4.69, 9.17) is 4.74 Å². The van der Waals surface area contributed by atoms with Crippen LogP contribution >= 0.6 is 0 Å². The van der Waals surface area contributed by atoms with Crippen molar-refractivity contribution < 1.29 is 14.3 Å². The maximum atomic E-state index is 12.0. The zero-order chi connectivity index (χ0) is 14.4. The summed E-state index contributed by atoms with van der Waals surface area (Å²) in [5.74, 6) is -0.437. The Kier molecular flexibility index (Phi) is 5.16. The Labute approximate surface area is 119 Å². The molecule has 108 valence electrons. The highest BCUT2D eigenvalue weighted by Gasteiger charge is 2.23. The van der Waals surface area contributed by atoms with Gasteiger partial charge < -0.3 is 9.64 Å². The Morgan fingerprint density at radius 3 is 2.70 bits per heavy atom. The number of benzene rings is 1. The first-order chi connectivity index (χ1) is 9.66. The Balaban J connectivity index is 1.76. The summed E-state index contributed by atoms with van der Waals surface area (Å²) in [4.78, 5) is 25.5. The number of piperidine rings is 1. The first-order valence-corrected chi connectivity index (χ1v) is 7.16. The van der Waals surface area contributed by atoms with E-state index in [0.29, 0.717) is 0 Å². The van der Waals surface area contributed by atoms with E-state index in [-0.39, 0.29) is 30.9 Å². The molecule has 0 bridgehead atoms. The molecule has 0 N–H and O–H groups in total. The second-order valence-electron chi connectivity index (χ2n) is 5.25. The summed E-state index contributed by atoms with van der Waals surface area (Å²) in [5, 5.41) is 0. The predicted octanol–water partition coefficient (Wildman–Crippen LogP) is 2.17. The molecule has 4 heteroatoms. The van der Waals surface area contributed by atoms with Crippen LogP contribution in [-0.2, 0) is 20.7 Å². The van der Waals surface area contributed by atoms with Gasteiger partial charge in [0.25, 0.3) is 5.91 Å². The number of carbonyl (C=O) groups is 2. The lowest BCUT2D eigenvalue weighted by atomic mass is 10.0. The summed E-state index contributed by atoms with van der Waals surface area (Å²) < 4.78 is 5.08. The van der Waals surface area contributed by atoms with Crippen LogP contribution in [0.5, 0.6) is 0 Å². The number of amides is 1. The molecule has 1 aromatic rings. The van der Waals surface area contributed by atoms with Crippen molar-refractivity contribution in [3.8, 4) is 0 Å². The van der Waals surface area contributed by atoms with E-state index < -0.39 is 0 Å². The quantitative estimate of drug-likeness (QED) is 0.791. The maximum absolute atomic E-state index is 12.0. The highest BCUT2D eigenvalue weighted by molar-refractivity contribution is 5.81. The number of ether oxygens (including phenoxy) is 1. The van der Waals surface area contributed by atoms with Crippen LogP contribution in [0.2, 0.25) is 0 Å². The molecule has 1 aromatic carbocycles. The van der Waals surface area contributed by atoms with Crippen molar-refractivity contribution >= 4 is 11.9 Å². The molecule has 1 fully saturated rings. The Hall–Kier alpha value is -1.84. The molecule has 1 amide bonds. The van der Waals surface area contributed by atoms with E-state index in [2.05, 4.69) is 0 Å². The number of rotatable bonds is 4. The number of likely N-dealkylation sites (tertiary alicyclic amines) is 1. The summed E-state index contributed by atoms with van der Waals surface area (Å²) in [6, 6.07) is 9.65. The standard InChI is InChI=1S/C16H21NO3/c1-13-7-5-6-10-17(13)15(18)12-20-16(19)11-14-8-3-2-4-9-14/h2-4,8-9,13H,5-7,10-12H2,1H3. The van der Waals surface area contributed by atoms with E-state index in [1.807, 2.05) is 42.2 Å². The van der Waals surface area contributed by atoms with Gasteiger partial charge in [0.05, 0.1) is 6.42 Å². The van der Waals surface area contributed by atoms with Crippen LogP contribution in [0, 0.1) is 0 Å². The normalized spacial score (nSPS) is 18.6. The molecule has 1 aliphatic rings. The molecule has 0 aromatic heterocycles. The minimum absolute atomic E-state index is 0.0846. The van der Waals surface area contributed by atoms with Gasteiger partial charge in [-0.25, -0.2) is 0 Å². The topological polar surface area (TPSA) is 46.6 Å². The van der Waals surface area contributed by atoms with Gasteiger partial charge in [-0.15, -0.1) is 0 Å².